The zero-order valence-corrected chi connectivity index (χ0v) is 76.9. The van der Waals surface area contributed by atoms with Crippen LogP contribution >= 0.6 is 0 Å². The van der Waals surface area contributed by atoms with Crippen LogP contribution in [0, 0.1) is 65.0 Å². The molecule has 16 nitrogen and oxygen atoms in total. The molecule has 708 valence electrons. The van der Waals surface area contributed by atoms with Gasteiger partial charge in [0.15, 0.2) is 9.84 Å². The van der Waals surface area contributed by atoms with Crippen LogP contribution in [0.3, 0.4) is 0 Å². The van der Waals surface area contributed by atoms with Gasteiger partial charge in [0.05, 0.1) is 24.7 Å². The van der Waals surface area contributed by atoms with Crippen LogP contribution in [0.5, 0.6) is 0 Å². The molecule has 26 fully saturated rings. The number of hydrogen-bond donors (Lipinski definition) is 13. The van der Waals surface area contributed by atoms with Crippen molar-refractivity contribution in [3.63, 3.8) is 0 Å². The van der Waals surface area contributed by atoms with Crippen molar-refractivity contribution in [2.45, 2.75) is 407 Å². The van der Waals surface area contributed by atoms with Crippen molar-refractivity contribution < 1.29 is 13.2 Å². The van der Waals surface area contributed by atoms with Crippen molar-refractivity contribution in [1.29, 1.82) is 0 Å². The smallest absolute Gasteiger partial charge is 0.151 e. The molecule has 0 aromatic carbocycles. The molecule has 0 amide bonds. The topological polar surface area (TPSA) is 200 Å². The molecule has 0 aromatic rings. The Morgan fingerprint density at radius 3 is 0.754 bits per heavy atom. The fourth-order valence-electron chi connectivity index (χ4n) is 26.6. The first-order chi connectivity index (χ1) is 57.5. The first kappa shape index (κ1) is 101. The Labute approximate surface area is 752 Å². The summed E-state index contributed by atoms with van der Waals surface area (Å²) in [7, 11) is -2.55. The predicted octanol–water partition coefficient (Wildman–Crippen LogP) is 19.4. The average Bonchev–Trinajstić information content (AvgIpc) is 0.937. The molecule has 13 N–H and O–H groups in total. The molecular weight excluding hydrogens is 1520 g/mol. The van der Waals surface area contributed by atoms with E-state index in [1.165, 1.54) is 491 Å². The van der Waals surface area contributed by atoms with Crippen LogP contribution < -0.4 is 69.1 Å². The Morgan fingerprint density at radius 1 is 0.230 bits per heavy atom. The summed E-state index contributed by atoms with van der Waals surface area (Å²) in [5.74, 6) is 0.972. The summed E-state index contributed by atoms with van der Waals surface area (Å²) in [4.78, 5) is 0. The van der Waals surface area contributed by atoms with Crippen LogP contribution in [-0.4, -0.2) is 188 Å². The summed E-state index contributed by atoms with van der Waals surface area (Å²) >= 11 is 0. The normalized spacial score (nSPS) is 31.4. The monoisotopic (exact) mass is 1720 g/mol. The highest BCUT2D eigenvalue weighted by Gasteiger charge is 2.53. The summed E-state index contributed by atoms with van der Waals surface area (Å²) in [5.41, 5.74) is 9.94. The molecule has 0 aromatic heterocycles. The van der Waals surface area contributed by atoms with Crippen LogP contribution in [0.25, 0.3) is 0 Å². The van der Waals surface area contributed by atoms with E-state index in [0.29, 0.717) is 44.2 Å². The molecule has 14 spiro atoms. The van der Waals surface area contributed by atoms with Crippen molar-refractivity contribution in [3.8, 4) is 0 Å². The van der Waals surface area contributed by atoms with Gasteiger partial charge in [0.25, 0.3) is 0 Å². The molecule has 122 heavy (non-hydrogen) atoms. The lowest BCUT2D eigenvalue weighted by atomic mass is 9.65. The Balaban J connectivity index is 0.000000128. The standard InChI is InChI=1S/C10H19N.C9H18N2.2C8H15N.C8H13N.2C7H13N.C7H11N.C7H13N.3C6H11N.C6H10O2S.C6H10O.4CH4/c1-2-6-10(7-3-1)8-4-5-9-11-10;1-2-4-9(3-1)5-6-10-8-11-7-9;1-3-8(4-1)5-2-6-9-7-8;2*1-2-4-8(3-1)5-6-9-7-8;1-3-7(4-1)5-2-6-8-7;2*1-2-7(3-1)4-5-8-6-7;1-2-4-7(3-1)5-8-6-7;3*1-2-6(3-1)4-7-5-6;7-9(8)4-6(5-9)2-1-3-6;1-2-6(3-1)4-7-5-6;;;;/h11H,1-9H2;10-11H,1-8H2;2*9H,1-7H2;1-2,9H,3-7H2;2*8H,1-6H2;4-5,8H,1-3,6H2;8H,1-6H2;3*7H,1-5H2;1-5H2;1-5H2;4*1H4. The lowest BCUT2D eigenvalue weighted by Crippen LogP contribution is -2.57. The molecular formula is C105H199N13O3S. The number of nitrogens with one attached hydrogen (secondary N) is 13. The van der Waals surface area contributed by atoms with E-state index in [4.69, 9.17) is 4.74 Å². The molecule has 0 bridgehead atoms. The van der Waals surface area contributed by atoms with Crippen LogP contribution in [0.4, 0.5) is 0 Å². The maximum atomic E-state index is 10.7. The molecule has 13 saturated carbocycles. The first-order valence-electron chi connectivity index (χ1n) is 51.9. The number of allylic oxidation sites excluding steroid dienone is 2. The SMILES string of the molecule is C.C.C.C.C1=CC2(CCC2)CN1.C1=CCC2(C1)CCNC2.C1CC2(C1)CCNC2.C1CC2(C1)CNC2.C1CC2(C1)CNC2.C1CC2(C1)CNC2.C1CC2(C1)COC2.C1CCC2(C1)CCNC2.C1CCC2(C1)CCNCNC2.C1CCC2(C1)CNC2.C1CCC2(CC1)CCCCN2.C1CNC2(C1)CCC2.C1CNCC2(C1)CCC2.O=S1(=O)CC2(CCC2)C1. The van der Waals surface area contributed by atoms with Crippen LogP contribution in [0.15, 0.2) is 24.4 Å². The summed E-state index contributed by atoms with van der Waals surface area (Å²) < 4.78 is 26.5. The maximum Gasteiger partial charge on any atom is 0.151 e. The Hall–Kier alpha value is -1.29. The van der Waals surface area contributed by atoms with E-state index in [1.807, 2.05) is 0 Å². The van der Waals surface area contributed by atoms with Crippen molar-refractivity contribution >= 4 is 9.84 Å². The Kier molecular flexibility index (Phi) is 38.9. The van der Waals surface area contributed by atoms with Crippen LogP contribution in [-0.2, 0) is 14.6 Å². The van der Waals surface area contributed by atoms with Gasteiger partial charge in [-0.25, -0.2) is 8.42 Å². The van der Waals surface area contributed by atoms with E-state index in [0.717, 1.165) is 76.0 Å². The van der Waals surface area contributed by atoms with Gasteiger partial charge in [-0.1, -0.05) is 164 Å². The van der Waals surface area contributed by atoms with Gasteiger partial charge in [0.2, 0.25) is 0 Å². The second-order valence-corrected chi connectivity index (χ2v) is 48.7. The average molecular weight is 1720 g/mol. The third kappa shape index (κ3) is 27.5. The van der Waals surface area contributed by atoms with Gasteiger partial charge in [-0.15, -0.1) is 0 Å². The van der Waals surface area contributed by atoms with E-state index in [-0.39, 0.29) is 29.7 Å². The van der Waals surface area contributed by atoms with E-state index < -0.39 is 9.84 Å². The summed E-state index contributed by atoms with van der Waals surface area (Å²) in [5, 5.41) is 44.4. The third-order valence-corrected chi connectivity index (χ3v) is 39.7. The van der Waals surface area contributed by atoms with Crippen molar-refractivity contribution in [2.75, 3.05) is 169 Å². The number of rotatable bonds is 0. The van der Waals surface area contributed by atoms with Crippen LogP contribution in [0.1, 0.15) is 396 Å². The van der Waals surface area contributed by atoms with Gasteiger partial charge in [0, 0.05) is 120 Å². The number of ether oxygens (including phenoxy) is 1. The number of piperidine rings is 2. The fourth-order valence-corrected chi connectivity index (χ4v) is 28.9. The van der Waals surface area contributed by atoms with E-state index in [9.17, 15) is 8.42 Å². The van der Waals surface area contributed by atoms with Gasteiger partial charge in [-0.2, -0.15) is 0 Å². The zero-order chi connectivity index (χ0) is 80.9. The molecule has 28 aliphatic rings. The maximum absolute atomic E-state index is 10.7. The van der Waals surface area contributed by atoms with Crippen molar-refractivity contribution in [2.24, 2.45) is 65.0 Å². The predicted molar refractivity (Wildman–Crippen MR) is 520 cm³/mol. The minimum Gasteiger partial charge on any atom is -0.390 e. The second-order valence-electron chi connectivity index (χ2n) is 46.6. The molecule has 0 radical (unpaired) electrons. The van der Waals surface area contributed by atoms with Crippen molar-refractivity contribution in [1.82, 2.24) is 69.1 Å². The zero-order valence-electron chi connectivity index (χ0n) is 76.1. The molecule has 0 atom stereocenters. The molecule has 14 aliphatic heterocycles. The molecule has 17 heteroatoms. The Bertz CT molecular complexity index is 2760. The van der Waals surface area contributed by atoms with Gasteiger partial charge >= 0.3 is 0 Å². The summed E-state index contributed by atoms with van der Waals surface area (Å²) in [6.45, 7) is 30.1. The minimum absolute atomic E-state index is 0. The van der Waals surface area contributed by atoms with Crippen molar-refractivity contribution in [3.05, 3.63) is 24.4 Å². The second kappa shape index (κ2) is 46.9. The molecule has 0 unspecified atom stereocenters. The van der Waals surface area contributed by atoms with Gasteiger partial charge in [-0.05, 0) is 357 Å². The molecule has 28 rings (SSSR count). The lowest BCUT2D eigenvalue weighted by Gasteiger charge is -2.49. The summed E-state index contributed by atoms with van der Waals surface area (Å²) in [6, 6.07) is 0. The highest BCUT2D eigenvalue weighted by atomic mass is 32.2. The Morgan fingerprint density at radius 2 is 0.525 bits per heavy atom. The first-order valence-corrected chi connectivity index (χ1v) is 53.7. The highest BCUT2D eigenvalue weighted by Crippen LogP contribution is 2.53. The molecule has 14 aliphatic carbocycles. The minimum atomic E-state index is -2.55. The summed E-state index contributed by atoms with van der Waals surface area (Å²) in [6.07, 6.45) is 91.6. The largest absolute Gasteiger partial charge is 0.390 e. The lowest BCUT2D eigenvalue weighted by molar-refractivity contribution is -0.155. The van der Waals surface area contributed by atoms with E-state index in [1.54, 1.807) is 0 Å². The fraction of sp³-hybridized carbons (Fsp3) is 0.962. The molecule has 13 saturated heterocycles. The van der Waals surface area contributed by atoms with Gasteiger partial charge < -0.3 is 73.9 Å². The number of sulfone groups is 1. The third-order valence-electron chi connectivity index (χ3n) is 37.6. The molecule has 14 heterocycles. The number of hydrogen-bond acceptors (Lipinski definition) is 16. The van der Waals surface area contributed by atoms with E-state index >= 15 is 0 Å². The van der Waals surface area contributed by atoms with Gasteiger partial charge in [-0.3, -0.25) is 0 Å². The van der Waals surface area contributed by atoms with Crippen LogP contribution in [0.2, 0.25) is 0 Å². The van der Waals surface area contributed by atoms with Gasteiger partial charge in [0.1, 0.15) is 0 Å². The highest BCUT2D eigenvalue weighted by molar-refractivity contribution is 7.92. The van der Waals surface area contributed by atoms with E-state index in [2.05, 4.69) is 93.5 Å². The quantitative estimate of drug-likeness (QED) is 0.102.